The number of hydrogen-bond acceptors (Lipinski definition) is 3. The summed E-state index contributed by atoms with van der Waals surface area (Å²) >= 11 is 0. The van der Waals surface area contributed by atoms with Crippen molar-refractivity contribution in [2.24, 2.45) is 0 Å². The molecule has 0 saturated carbocycles. The van der Waals surface area contributed by atoms with Gasteiger partial charge in [-0.15, -0.1) is 0 Å². The maximum atomic E-state index is 2.72. The third-order valence-electron chi connectivity index (χ3n) is 5.62. The highest BCUT2D eigenvalue weighted by Crippen LogP contribution is 2.27. The van der Waals surface area contributed by atoms with Gasteiger partial charge in [0.05, 0.1) is 0 Å². The second kappa shape index (κ2) is 6.82. The first-order valence-electron chi connectivity index (χ1n) is 9.21. The van der Waals surface area contributed by atoms with Crippen molar-refractivity contribution in [3.8, 4) is 0 Å². The minimum atomic E-state index is 0.243. The van der Waals surface area contributed by atoms with Crippen LogP contribution in [0.2, 0.25) is 0 Å². The third kappa shape index (κ3) is 4.07. The maximum absolute atomic E-state index is 2.72. The standard InChI is InChI=1S/C20H33N3/c1-20(2,3)17-5-7-18(8-6-17)22-11-9-19(10-12-22)23-15-13-21(4)14-16-23/h5-8,19H,9-16H2,1-4H3. The van der Waals surface area contributed by atoms with Crippen LogP contribution in [-0.2, 0) is 5.41 Å². The first-order chi connectivity index (χ1) is 10.9. The molecule has 1 aromatic rings. The molecule has 3 nitrogen and oxygen atoms in total. The van der Waals surface area contributed by atoms with Crippen molar-refractivity contribution in [2.45, 2.75) is 45.1 Å². The summed E-state index contributed by atoms with van der Waals surface area (Å²) in [5.74, 6) is 0. The SMILES string of the molecule is CN1CCN(C2CCN(c3ccc(C(C)(C)C)cc3)CC2)CC1. The molecule has 3 heteroatoms. The lowest BCUT2D eigenvalue weighted by molar-refractivity contribution is 0.0982. The van der Waals surface area contributed by atoms with Crippen molar-refractivity contribution in [2.75, 3.05) is 51.2 Å². The van der Waals surface area contributed by atoms with Crippen LogP contribution in [-0.4, -0.2) is 62.2 Å². The molecule has 0 unspecified atom stereocenters. The normalized spacial score (nSPS) is 22.5. The second-order valence-electron chi connectivity index (χ2n) is 8.35. The van der Waals surface area contributed by atoms with Gasteiger partial charge in [0.15, 0.2) is 0 Å². The number of piperazine rings is 1. The molecule has 3 rings (SSSR count). The van der Waals surface area contributed by atoms with Crippen LogP contribution in [0.15, 0.2) is 24.3 Å². The van der Waals surface area contributed by atoms with Gasteiger partial charge in [0, 0.05) is 51.0 Å². The zero-order chi connectivity index (χ0) is 16.4. The van der Waals surface area contributed by atoms with Crippen LogP contribution in [0.3, 0.4) is 0 Å². The van der Waals surface area contributed by atoms with Crippen molar-refractivity contribution in [1.29, 1.82) is 0 Å². The molecule has 2 aliphatic rings. The highest BCUT2D eigenvalue weighted by molar-refractivity contribution is 5.49. The molecule has 2 heterocycles. The van der Waals surface area contributed by atoms with Crippen LogP contribution in [0.1, 0.15) is 39.2 Å². The van der Waals surface area contributed by atoms with Gasteiger partial charge in [-0.05, 0) is 43.0 Å². The number of likely N-dealkylation sites (N-methyl/N-ethyl adjacent to an activating group) is 1. The predicted molar refractivity (Wildman–Crippen MR) is 99.4 cm³/mol. The Morgan fingerprint density at radius 3 is 1.91 bits per heavy atom. The van der Waals surface area contributed by atoms with Crippen LogP contribution >= 0.6 is 0 Å². The van der Waals surface area contributed by atoms with E-state index >= 15 is 0 Å². The average molecular weight is 316 g/mol. The molecular weight excluding hydrogens is 282 g/mol. The molecule has 0 radical (unpaired) electrons. The molecule has 0 aromatic heterocycles. The first-order valence-corrected chi connectivity index (χ1v) is 9.21. The highest BCUT2D eigenvalue weighted by Gasteiger charge is 2.26. The summed E-state index contributed by atoms with van der Waals surface area (Å²) in [4.78, 5) is 7.74. The summed E-state index contributed by atoms with van der Waals surface area (Å²) in [5, 5.41) is 0. The van der Waals surface area contributed by atoms with Gasteiger partial charge in [-0.25, -0.2) is 0 Å². The molecule has 23 heavy (non-hydrogen) atoms. The number of nitrogens with zero attached hydrogens (tertiary/aromatic N) is 3. The zero-order valence-electron chi connectivity index (χ0n) is 15.4. The Bertz CT molecular complexity index is 487. The lowest BCUT2D eigenvalue weighted by Gasteiger charge is -2.42. The Morgan fingerprint density at radius 2 is 1.39 bits per heavy atom. The Labute approximate surface area is 142 Å². The van der Waals surface area contributed by atoms with Crippen LogP contribution in [0.4, 0.5) is 5.69 Å². The van der Waals surface area contributed by atoms with Crippen molar-refractivity contribution >= 4 is 5.69 Å². The van der Waals surface area contributed by atoms with E-state index in [-0.39, 0.29) is 5.41 Å². The van der Waals surface area contributed by atoms with E-state index in [9.17, 15) is 0 Å². The van der Waals surface area contributed by atoms with Crippen molar-refractivity contribution < 1.29 is 0 Å². The Hall–Kier alpha value is -1.06. The van der Waals surface area contributed by atoms with Gasteiger partial charge < -0.3 is 9.80 Å². The number of benzene rings is 1. The quantitative estimate of drug-likeness (QED) is 0.830. The van der Waals surface area contributed by atoms with E-state index in [1.165, 1.54) is 63.4 Å². The molecule has 0 bridgehead atoms. The van der Waals surface area contributed by atoms with Crippen LogP contribution in [0, 0.1) is 0 Å². The van der Waals surface area contributed by atoms with Gasteiger partial charge in [-0.3, -0.25) is 4.90 Å². The fourth-order valence-corrected chi connectivity index (χ4v) is 3.85. The van der Waals surface area contributed by atoms with Crippen molar-refractivity contribution in [3.63, 3.8) is 0 Å². The molecule has 0 amide bonds. The number of rotatable bonds is 2. The molecule has 0 aliphatic carbocycles. The monoisotopic (exact) mass is 315 g/mol. The molecule has 0 N–H and O–H groups in total. The van der Waals surface area contributed by atoms with Crippen LogP contribution < -0.4 is 4.90 Å². The molecule has 0 spiro atoms. The fraction of sp³-hybridized carbons (Fsp3) is 0.700. The molecule has 128 valence electrons. The summed E-state index contributed by atoms with van der Waals surface area (Å²) in [6.45, 7) is 14.2. The smallest absolute Gasteiger partial charge is 0.0366 e. The van der Waals surface area contributed by atoms with E-state index in [0.717, 1.165) is 6.04 Å². The van der Waals surface area contributed by atoms with Gasteiger partial charge >= 0.3 is 0 Å². The van der Waals surface area contributed by atoms with Crippen LogP contribution in [0.25, 0.3) is 0 Å². The molecular formula is C20H33N3. The van der Waals surface area contributed by atoms with E-state index in [2.05, 4.69) is 66.8 Å². The lowest BCUT2D eigenvalue weighted by atomic mass is 9.87. The summed E-state index contributed by atoms with van der Waals surface area (Å²) < 4.78 is 0. The molecule has 0 atom stereocenters. The van der Waals surface area contributed by atoms with E-state index in [1.54, 1.807) is 0 Å². The summed E-state index contributed by atoms with van der Waals surface area (Å²) in [5.41, 5.74) is 3.07. The number of anilines is 1. The third-order valence-corrected chi connectivity index (χ3v) is 5.62. The highest BCUT2D eigenvalue weighted by atomic mass is 15.3. The Balaban J connectivity index is 1.54. The predicted octanol–water partition coefficient (Wildman–Crippen LogP) is 3.20. The van der Waals surface area contributed by atoms with Crippen LogP contribution in [0.5, 0.6) is 0 Å². The largest absolute Gasteiger partial charge is 0.371 e. The van der Waals surface area contributed by atoms with E-state index in [1.807, 2.05) is 0 Å². The maximum Gasteiger partial charge on any atom is 0.0366 e. The Morgan fingerprint density at radius 1 is 0.826 bits per heavy atom. The van der Waals surface area contributed by atoms with E-state index in [0.29, 0.717) is 0 Å². The second-order valence-corrected chi connectivity index (χ2v) is 8.35. The van der Waals surface area contributed by atoms with Crippen molar-refractivity contribution in [3.05, 3.63) is 29.8 Å². The first kappa shape index (κ1) is 16.8. The van der Waals surface area contributed by atoms with E-state index in [4.69, 9.17) is 0 Å². The number of hydrogen-bond donors (Lipinski definition) is 0. The minimum Gasteiger partial charge on any atom is -0.371 e. The lowest BCUT2D eigenvalue weighted by Crippen LogP contribution is -2.52. The minimum absolute atomic E-state index is 0.243. The average Bonchev–Trinajstić information content (AvgIpc) is 2.55. The molecule has 2 aliphatic heterocycles. The summed E-state index contributed by atoms with van der Waals surface area (Å²) in [7, 11) is 2.24. The van der Waals surface area contributed by atoms with E-state index < -0.39 is 0 Å². The van der Waals surface area contributed by atoms with Gasteiger partial charge in [0.2, 0.25) is 0 Å². The summed E-state index contributed by atoms with van der Waals surface area (Å²) in [6.07, 6.45) is 2.62. The zero-order valence-corrected chi connectivity index (χ0v) is 15.4. The number of piperidine rings is 1. The van der Waals surface area contributed by atoms with Gasteiger partial charge in [-0.1, -0.05) is 32.9 Å². The van der Waals surface area contributed by atoms with Gasteiger partial charge in [0.25, 0.3) is 0 Å². The topological polar surface area (TPSA) is 9.72 Å². The fourth-order valence-electron chi connectivity index (χ4n) is 3.85. The molecule has 1 aromatic carbocycles. The van der Waals surface area contributed by atoms with Crippen molar-refractivity contribution in [1.82, 2.24) is 9.80 Å². The van der Waals surface area contributed by atoms with Gasteiger partial charge in [0.1, 0.15) is 0 Å². The Kier molecular flexibility index (Phi) is 4.98. The molecule has 2 saturated heterocycles. The van der Waals surface area contributed by atoms with Gasteiger partial charge in [-0.2, -0.15) is 0 Å². The molecule has 2 fully saturated rings. The summed E-state index contributed by atoms with van der Waals surface area (Å²) in [6, 6.07) is 10.0.